The van der Waals surface area contributed by atoms with Crippen LogP contribution in [0.25, 0.3) is 0 Å². The lowest BCUT2D eigenvalue weighted by Crippen LogP contribution is -2.18. The third-order valence-corrected chi connectivity index (χ3v) is 3.04. The van der Waals surface area contributed by atoms with Crippen LogP contribution < -0.4 is 5.32 Å². The molecule has 0 amide bonds. The van der Waals surface area contributed by atoms with E-state index in [-0.39, 0.29) is 6.10 Å². The number of nitrogens with one attached hydrogen (secondary N) is 1. The molecule has 2 nitrogen and oxygen atoms in total. The van der Waals surface area contributed by atoms with Gasteiger partial charge in [-0.15, -0.1) is 0 Å². The zero-order valence-corrected chi connectivity index (χ0v) is 9.96. The average molecular weight is 259 g/mol. The summed E-state index contributed by atoms with van der Waals surface area (Å²) in [6, 6.07) is 5.26. The predicted octanol–water partition coefficient (Wildman–Crippen LogP) is 2.63. The molecular weight excluding hydrogens is 243 g/mol. The van der Waals surface area contributed by atoms with E-state index >= 15 is 0 Å². The maximum Gasteiger partial charge on any atom is 0.416 e. The van der Waals surface area contributed by atoms with Crippen LogP contribution in [0.1, 0.15) is 17.5 Å². The Labute approximate surface area is 104 Å². The fourth-order valence-electron chi connectivity index (χ4n) is 1.97. The predicted molar refractivity (Wildman–Crippen MR) is 62.4 cm³/mol. The quantitative estimate of drug-likeness (QED) is 0.897. The summed E-state index contributed by atoms with van der Waals surface area (Å²) in [5.74, 6) is 0. The second-order valence-electron chi connectivity index (χ2n) is 4.43. The Balaban J connectivity index is 1.79. The van der Waals surface area contributed by atoms with Crippen LogP contribution in [0, 0.1) is 0 Å². The van der Waals surface area contributed by atoms with E-state index in [2.05, 4.69) is 5.32 Å². The molecule has 1 saturated heterocycles. The van der Waals surface area contributed by atoms with Crippen molar-refractivity contribution in [3.05, 3.63) is 35.4 Å². The first-order chi connectivity index (χ1) is 8.55. The second-order valence-corrected chi connectivity index (χ2v) is 4.43. The number of ether oxygens (including phenoxy) is 1. The molecule has 1 aromatic carbocycles. The van der Waals surface area contributed by atoms with E-state index in [0.717, 1.165) is 37.2 Å². The average Bonchev–Trinajstić information content (AvgIpc) is 2.82. The van der Waals surface area contributed by atoms with E-state index in [0.29, 0.717) is 13.0 Å². The van der Waals surface area contributed by atoms with Crippen LogP contribution in [0.15, 0.2) is 24.3 Å². The molecule has 0 saturated carbocycles. The van der Waals surface area contributed by atoms with Crippen molar-refractivity contribution in [3.8, 4) is 0 Å². The molecule has 0 aliphatic carbocycles. The first-order valence-corrected chi connectivity index (χ1v) is 6.04. The van der Waals surface area contributed by atoms with Crippen molar-refractivity contribution in [2.75, 3.05) is 19.7 Å². The summed E-state index contributed by atoms with van der Waals surface area (Å²) in [5.41, 5.74) is 0.265. The van der Waals surface area contributed by atoms with E-state index in [1.54, 1.807) is 0 Å². The van der Waals surface area contributed by atoms with Gasteiger partial charge in [-0.05, 0) is 37.1 Å². The van der Waals surface area contributed by atoms with Gasteiger partial charge in [-0.25, -0.2) is 0 Å². The topological polar surface area (TPSA) is 21.3 Å². The summed E-state index contributed by atoms with van der Waals surface area (Å²) in [6.07, 6.45) is -2.36. The van der Waals surface area contributed by atoms with Crippen LogP contribution in [0.5, 0.6) is 0 Å². The summed E-state index contributed by atoms with van der Waals surface area (Å²) in [7, 11) is 0. The third kappa shape index (κ3) is 3.71. The standard InChI is InChI=1S/C13H16F3NO/c14-13(15,16)11-3-1-10(2-4-11)6-8-18-12-5-7-17-9-12/h1-4,12,17H,5-9H2. The van der Waals surface area contributed by atoms with Gasteiger partial charge in [0, 0.05) is 6.54 Å². The molecule has 0 radical (unpaired) electrons. The van der Waals surface area contributed by atoms with E-state index in [4.69, 9.17) is 4.74 Å². The highest BCUT2D eigenvalue weighted by molar-refractivity contribution is 5.24. The fraction of sp³-hybridized carbons (Fsp3) is 0.538. The van der Waals surface area contributed by atoms with Gasteiger partial charge in [-0.1, -0.05) is 12.1 Å². The minimum atomic E-state index is -4.26. The lowest BCUT2D eigenvalue weighted by molar-refractivity contribution is -0.137. The van der Waals surface area contributed by atoms with Gasteiger partial charge in [0.25, 0.3) is 0 Å². The zero-order chi connectivity index (χ0) is 13.0. The van der Waals surface area contributed by atoms with Crippen LogP contribution in [0.3, 0.4) is 0 Å². The van der Waals surface area contributed by atoms with Crippen LogP contribution in [0.2, 0.25) is 0 Å². The molecule has 1 atom stereocenters. The molecule has 0 bridgehead atoms. The Morgan fingerprint density at radius 3 is 2.50 bits per heavy atom. The van der Waals surface area contributed by atoms with Gasteiger partial charge >= 0.3 is 6.18 Å². The molecule has 100 valence electrons. The lowest BCUT2D eigenvalue weighted by atomic mass is 10.1. The maximum atomic E-state index is 12.3. The molecule has 2 rings (SSSR count). The first kappa shape index (κ1) is 13.4. The zero-order valence-electron chi connectivity index (χ0n) is 9.96. The number of halogens is 3. The summed E-state index contributed by atoms with van der Waals surface area (Å²) in [6.45, 7) is 2.40. The van der Waals surface area contributed by atoms with Gasteiger partial charge < -0.3 is 10.1 Å². The van der Waals surface area contributed by atoms with Crippen LogP contribution in [0.4, 0.5) is 13.2 Å². The van der Waals surface area contributed by atoms with E-state index in [9.17, 15) is 13.2 Å². The number of alkyl halides is 3. The molecule has 1 aliphatic rings. The second kappa shape index (κ2) is 5.71. The van der Waals surface area contributed by atoms with Crippen LogP contribution in [-0.4, -0.2) is 25.8 Å². The monoisotopic (exact) mass is 259 g/mol. The number of hydrogen-bond acceptors (Lipinski definition) is 2. The van der Waals surface area contributed by atoms with Crippen molar-refractivity contribution in [3.63, 3.8) is 0 Å². The molecule has 1 fully saturated rings. The Bertz CT molecular complexity index is 369. The highest BCUT2D eigenvalue weighted by atomic mass is 19.4. The van der Waals surface area contributed by atoms with E-state index in [1.807, 2.05) is 0 Å². The molecule has 5 heteroatoms. The largest absolute Gasteiger partial charge is 0.416 e. The summed E-state index contributed by atoms with van der Waals surface area (Å²) in [4.78, 5) is 0. The Morgan fingerprint density at radius 1 is 1.22 bits per heavy atom. The third-order valence-electron chi connectivity index (χ3n) is 3.04. The SMILES string of the molecule is FC(F)(F)c1ccc(CCOC2CCNC2)cc1. The Kier molecular flexibility index (Phi) is 4.24. The fourth-order valence-corrected chi connectivity index (χ4v) is 1.97. The molecule has 0 spiro atoms. The normalized spacial score (nSPS) is 20.3. The van der Waals surface area contributed by atoms with Crippen molar-refractivity contribution in [2.24, 2.45) is 0 Å². The first-order valence-electron chi connectivity index (χ1n) is 6.04. The van der Waals surface area contributed by atoms with Crippen molar-refractivity contribution in [1.29, 1.82) is 0 Å². The van der Waals surface area contributed by atoms with Crippen molar-refractivity contribution >= 4 is 0 Å². The minimum Gasteiger partial charge on any atom is -0.377 e. The summed E-state index contributed by atoms with van der Waals surface area (Å²) in [5, 5.41) is 3.20. The molecule has 1 heterocycles. The van der Waals surface area contributed by atoms with Crippen molar-refractivity contribution < 1.29 is 17.9 Å². The van der Waals surface area contributed by atoms with Crippen LogP contribution in [-0.2, 0) is 17.3 Å². The van der Waals surface area contributed by atoms with E-state index < -0.39 is 11.7 Å². The molecule has 1 aromatic rings. The van der Waals surface area contributed by atoms with Gasteiger partial charge in [0.15, 0.2) is 0 Å². The highest BCUT2D eigenvalue weighted by Gasteiger charge is 2.29. The van der Waals surface area contributed by atoms with Gasteiger partial charge in [-0.2, -0.15) is 13.2 Å². The van der Waals surface area contributed by atoms with E-state index in [1.165, 1.54) is 12.1 Å². The minimum absolute atomic E-state index is 0.249. The smallest absolute Gasteiger partial charge is 0.377 e. The molecular formula is C13H16F3NO. The van der Waals surface area contributed by atoms with Gasteiger partial charge in [-0.3, -0.25) is 0 Å². The summed E-state index contributed by atoms with van der Waals surface area (Å²) >= 11 is 0. The Morgan fingerprint density at radius 2 is 1.94 bits per heavy atom. The Hall–Kier alpha value is -1.07. The number of rotatable bonds is 4. The van der Waals surface area contributed by atoms with Gasteiger partial charge in [0.1, 0.15) is 0 Å². The summed E-state index contributed by atoms with van der Waals surface area (Å²) < 4.78 is 42.7. The molecule has 1 N–H and O–H groups in total. The van der Waals surface area contributed by atoms with Gasteiger partial charge in [0.2, 0.25) is 0 Å². The van der Waals surface area contributed by atoms with Crippen molar-refractivity contribution in [1.82, 2.24) is 5.32 Å². The molecule has 18 heavy (non-hydrogen) atoms. The lowest BCUT2D eigenvalue weighted by Gasteiger charge is -2.11. The number of benzene rings is 1. The maximum absolute atomic E-state index is 12.3. The molecule has 1 aliphatic heterocycles. The number of hydrogen-bond donors (Lipinski definition) is 1. The molecule has 1 unspecified atom stereocenters. The molecule has 0 aromatic heterocycles. The highest BCUT2D eigenvalue weighted by Crippen LogP contribution is 2.29. The van der Waals surface area contributed by atoms with Crippen LogP contribution >= 0.6 is 0 Å². The van der Waals surface area contributed by atoms with Gasteiger partial charge in [0.05, 0.1) is 18.3 Å². The van der Waals surface area contributed by atoms with Crippen molar-refractivity contribution in [2.45, 2.75) is 25.1 Å².